The minimum absolute atomic E-state index is 0.200. The summed E-state index contributed by atoms with van der Waals surface area (Å²) in [5.74, 6) is -0.482. The first kappa shape index (κ1) is 18.4. The van der Waals surface area contributed by atoms with Crippen molar-refractivity contribution in [3.8, 4) is 0 Å². The second-order valence-electron chi connectivity index (χ2n) is 6.72. The van der Waals surface area contributed by atoms with Gasteiger partial charge in [-0.25, -0.2) is 4.98 Å². The number of furan rings is 1. The minimum Gasteiger partial charge on any atom is -0.459 e. The van der Waals surface area contributed by atoms with Crippen LogP contribution in [-0.4, -0.2) is 26.6 Å². The van der Waals surface area contributed by atoms with Gasteiger partial charge in [0.2, 0.25) is 0 Å². The second kappa shape index (κ2) is 7.23. The van der Waals surface area contributed by atoms with Crippen molar-refractivity contribution in [3.63, 3.8) is 0 Å². The number of hydrogen-bond donors (Lipinski definition) is 2. The summed E-state index contributed by atoms with van der Waals surface area (Å²) in [6, 6.07) is 10.2. The standard InChI is InChI=1S/C21H19N5O3/c1-12-6-7-14(9-17(12)24-21(28)18-5-4-8-29-18)20(27)23-15-10-16-13(2)25-26(3)19(16)22-11-15/h4-11H,1-3H3,(H,23,27)(H,24,28). The van der Waals surface area contributed by atoms with Crippen LogP contribution in [0.1, 0.15) is 32.2 Å². The first-order chi connectivity index (χ1) is 13.9. The summed E-state index contributed by atoms with van der Waals surface area (Å²) >= 11 is 0. The molecule has 3 heterocycles. The molecule has 0 saturated heterocycles. The molecule has 0 spiro atoms. The average molecular weight is 389 g/mol. The Morgan fingerprint density at radius 2 is 1.90 bits per heavy atom. The van der Waals surface area contributed by atoms with Crippen LogP contribution in [0, 0.1) is 13.8 Å². The van der Waals surface area contributed by atoms with Gasteiger partial charge in [0.1, 0.15) is 0 Å². The molecule has 29 heavy (non-hydrogen) atoms. The van der Waals surface area contributed by atoms with Gasteiger partial charge in [0.15, 0.2) is 11.4 Å². The van der Waals surface area contributed by atoms with Crippen molar-refractivity contribution in [2.45, 2.75) is 13.8 Å². The number of aryl methyl sites for hydroxylation is 3. The molecule has 8 heteroatoms. The molecule has 0 unspecified atom stereocenters. The molecular formula is C21H19N5O3. The number of anilines is 2. The van der Waals surface area contributed by atoms with Gasteiger partial charge in [-0.15, -0.1) is 0 Å². The Labute approximate surface area is 166 Å². The zero-order valence-electron chi connectivity index (χ0n) is 16.2. The molecule has 0 fully saturated rings. The Kier molecular flexibility index (Phi) is 4.59. The highest BCUT2D eigenvalue weighted by molar-refractivity contribution is 6.07. The predicted molar refractivity (Wildman–Crippen MR) is 109 cm³/mol. The van der Waals surface area contributed by atoms with Gasteiger partial charge in [0, 0.05) is 23.7 Å². The minimum atomic E-state index is -0.377. The molecule has 3 aromatic heterocycles. The SMILES string of the molecule is Cc1ccc(C(=O)Nc2cnc3c(c2)c(C)nn3C)cc1NC(=O)c1ccco1. The fraction of sp³-hybridized carbons (Fsp3) is 0.143. The van der Waals surface area contributed by atoms with Crippen molar-refractivity contribution >= 4 is 34.2 Å². The van der Waals surface area contributed by atoms with E-state index in [0.29, 0.717) is 16.9 Å². The van der Waals surface area contributed by atoms with E-state index in [0.717, 1.165) is 22.3 Å². The number of nitrogens with zero attached hydrogens (tertiary/aromatic N) is 3. The highest BCUT2D eigenvalue weighted by Gasteiger charge is 2.14. The molecule has 0 bridgehead atoms. The monoisotopic (exact) mass is 389 g/mol. The van der Waals surface area contributed by atoms with Crippen molar-refractivity contribution in [1.82, 2.24) is 14.8 Å². The molecule has 8 nitrogen and oxygen atoms in total. The molecular weight excluding hydrogens is 370 g/mol. The van der Waals surface area contributed by atoms with Crippen LogP contribution in [0.4, 0.5) is 11.4 Å². The highest BCUT2D eigenvalue weighted by atomic mass is 16.3. The number of carbonyl (C=O) groups excluding carboxylic acids is 2. The number of nitrogens with one attached hydrogen (secondary N) is 2. The van der Waals surface area contributed by atoms with Crippen LogP contribution >= 0.6 is 0 Å². The van der Waals surface area contributed by atoms with Gasteiger partial charge in [-0.05, 0) is 49.7 Å². The molecule has 0 aliphatic carbocycles. The molecule has 0 aliphatic heterocycles. The fourth-order valence-electron chi connectivity index (χ4n) is 3.07. The van der Waals surface area contributed by atoms with E-state index in [1.807, 2.05) is 27.0 Å². The first-order valence-electron chi connectivity index (χ1n) is 8.98. The maximum atomic E-state index is 12.7. The zero-order chi connectivity index (χ0) is 20.5. The third-order valence-corrected chi connectivity index (χ3v) is 4.61. The van der Waals surface area contributed by atoms with Gasteiger partial charge < -0.3 is 15.1 Å². The zero-order valence-corrected chi connectivity index (χ0v) is 16.2. The quantitative estimate of drug-likeness (QED) is 0.554. The van der Waals surface area contributed by atoms with Crippen LogP contribution in [0.5, 0.6) is 0 Å². The summed E-state index contributed by atoms with van der Waals surface area (Å²) in [5, 5.41) is 10.8. The first-order valence-corrected chi connectivity index (χ1v) is 8.98. The van der Waals surface area contributed by atoms with E-state index in [1.54, 1.807) is 41.2 Å². The van der Waals surface area contributed by atoms with E-state index in [4.69, 9.17) is 4.42 Å². The molecule has 4 aromatic rings. The van der Waals surface area contributed by atoms with Crippen LogP contribution in [0.2, 0.25) is 0 Å². The maximum Gasteiger partial charge on any atom is 0.291 e. The van der Waals surface area contributed by atoms with E-state index < -0.39 is 0 Å². The van der Waals surface area contributed by atoms with Crippen molar-refractivity contribution in [1.29, 1.82) is 0 Å². The molecule has 0 radical (unpaired) electrons. The fourth-order valence-corrected chi connectivity index (χ4v) is 3.07. The largest absolute Gasteiger partial charge is 0.459 e. The summed E-state index contributed by atoms with van der Waals surface area (Å²) in [5.41, 5.74) is 3.93. The summed E-state index contributed by atoms with van der Waals surface area (Å²) in [6.45, 7) is 3.74. The van der Waals surface area contributed by atoms with Gasteiger partial charge in [-0.2, -0.15) is 5.10 Å². The van der Waals surface area contributed by atoms with Crippen molar-refractivity contribution in [3.05, 3.63) is 71.4 Å². The van der Waals surface area contributed by atoms with E-state index in [-0.39, 0.29) is 17.6 Å². The third kappa shape index (κ3) is 3.60. The Morgan fingerprint density at radius 3 is 2.66 bits per heavy atom. The number of amides is 2. The van der Waals surface area contributed by atoms with E-state index in [2.05, 4.69) is 20.7 Å². The van der Waals surface area contributed by atoms with Gasteiger partial charge in [0.25, 0.3) is 11.8 Å². The van der Waals surface area contributed by atoms with Gasteiger partial charge in [0.05, 0.1) is 23.8 Å². The Hall–Kier alpha value is -3.94. The molecule has 4 rings (SSSR count). The van der Waals surface area contributed by atoms with Gasteiger partial charge in [-0.1, -0.05) is 6.07 Å². The number of fused-ring (bicyclic) bond motifs is 1. The van der Waals surface area contributed by atoms with Crippen LogP contribution in [0.3, 0.4) is 0 Å². The lowest BCUT2D eigenvalue weighted by Crippen LogP contribution is -2.15. The van der Waals surface area contributed by atoms with Gasteiger partial charge in [-0.3, -0.25) is 14.3 Å². The highest BCUT2D eigenvalue weighted by Crippen LogP contribution is 2.22. The number of benzene rings is 1. The lowest BCUT2D eigenvalue weighted by atomic mass is 10.1. The third-order valence-electron chi connectivity index (χ3n) is 4.61. The normalized spacial score (nSPS) is 10.9. The molecule has 0 atom stereocenters. The number of hydrogen-bond acceptors (Lipinski definition) is 5. The average Bonchev–Trinajstić information content (AvgIpc) is 3.32. The molecule has 0 aliphatic rings. The smallest absolute Gasteiger partial charge is 0.291 e. The Morgan fingerprint density at radius 1 is 1.07 bits per heavy atom. The molecule has 146 valence electrons. The van der Waals surface area contributed by atoms with E-state index >= 15 is 0 Å². The number of aromatic nitrogens is 3. The summed E-state index contributed by atoms with van der Waals surface area (Å²) < 4.78 is 6.80. The Balaban J connectivity index is 1.56. The number of rotatable bonds is 4. The molecule has 1 aromatic carbocycles. The van der Waals surface area contributed by atoms with Crippen molar-refractivity contribution < 1.29 is 14.0 Å². The lowest BCUT2D eigenvalue weighted by Gasteiger charge is -2.10. The summed E-state index contributed by atoms with van der Waals surface area (Å²) in [7, 11) is 1.82. The van der Waals surface area contributed by atoms with Crippen LogP contribution in [-0.2, 0) is 7.05 Å². The van der Waals surface area contributed by atoms with Crippen LogP contribution in [0.25, 0.3) is 11.0 Å². The Bertz CT molecular complexity index is 1220. The lowest BCUT2D eigenvalue weighted by molar-refractivity contribution is 0.0993. The topological polar surface area (TPSA) is 102 Å². The molecule has 2 amide bonds. The number of pyridine rings is 1. The summed E-state index contributed by atoms with van der Waals surface area (Å²) in [4.78, 5) is 29.3. The predicted octanol–water partition coefficient (Wildman–Crippen LogP) is 3.68. The van der Waals surface area contributed by atoms with Crippen LogP contribution in [0.15, 0.2) is 53.3 Å². The van der Waals surface area contributed by atoms with E-state index in [1.165, 1.54) is 6.26 Å². The number of carbonyl (C=O) groups is 2. The van der Waals surface area contributed by atoms with Gasteiger partial charge >= 0.3 is 0 Å². The maximum absolute atomic E-state index is 12.7. The van der Waals surface area contributed by atoms with Crippen molar-refractivity contribution in [2.24, 2.45) is 7.05 Å². The molecule has 2 N–H and O–H groups in total. The summed E-state index contributed by atoms with van der Waals surface area (Å²) in [6.07, 6.45) is 3.02. The van der Waals surface area contributed by atoms with Crippen LogP contribution < -0.4 is 10.6 Å². The van der Waals surface area contributed by atoms with E-state index in [9.17, 15) is 9.59 Å². The second-order valence-corrected chi connectivity index (χ2v) is 6.72. The molecule has 0 saturated carbocycles. The van der Waals surface area contributed by atoms with Crippen molar-refractivity contribution in [2.75, 3.05) is 10.6 Å².